The van der Waals surface area contributed by atoms with Crippen LogP contribution < -0.4 is 11.1 Å². The molecule has 0 saturated heterocycles. The minimum atomic E-state index is -0.652. The van der Waals surface area contributed by atoms with Crippen molar-refractivity contribution in [1.82, 2.24) is 5.32 Å². The SMILES string of the molecule is NC(=O)CNC(=O)c1ccc(C=O)o1. The molecule has 74 valence electrons. The fourth-order valence-electron chi connectivity index (χ4n) is 0.793. The summed E-state index contributed by atoms with van der Waals surface area (Å²) < 4.78 is 4.79. The number of aldehydes is 1. The van der Waals surface area contributed by atoms with Crippen molar-refractivity contribution in [2.24, 2.45) is 5.73 Å². The van der Waals surface area contributed by atoms with Crippen LogP contribution in [0.15, 0.2) is 16.5 Å². The summed E-state index contributed by atoms with van der Waals surface area (Å²) in [5.41, 5.74) is 4.81. The van der Waals surface area contributed by atoms with E-state index in [9.17, 15) is 14.4 Å². The number of carbonyl (C=O) groups excluding carboxylic acids is 3. The summed E-state index contributed by atoms with van der Waals surface area (Å²) in [4.78, 5) is 31.7. The monoisotopic (exact) mass is 196 g/mol. The second-order valence-corrected chi connectivity index (χ2v) is 2.47. The van der Waals surface area contributed by atoms with E-state index in [1.807, 2.05) is 0 Å². The van der Waals surface area contributed by atoms with E-state index in [0.29, 0.717) is 6.29 Å². The van der Waals surface area contributed by atoms with Gasteiger partial charge in [0, 0.05) is 0 Å². The fraction of sp³-hybridized carbons (Fsp3) is 0.125. The molecule has 0 aromatic carbocycles. The molecule has 6 heteroatoms. The Kier molecular flexibility index (Phi) is 3.01. The zero-order valence-corrected chi connectivity index (χ0v) is 7.15. The van der Waals surface area contributed by atoms with Gasteiger partial charge in [-0.05, 0) is 12.1 Å². The van der Waals surface area contributed by atoms with Gasteiger partial charge in [-0.3, -0.25) is 14.4 Å². The largest absolute Gasteiger partial charge is 0.448 e. The first-order chi connectivity index (χ1) is 6.63. The lowest BCUT2D eigenvalue weighted by Crippen LogP contribution is -2.33. The van der Waals surface area contributed by atoms with Crippen molar-refractivity contribution in [2.45, 2.75) is 0 Å². The third-order valence-corrected chi connectivity index (χ3v) is 1.39. The van der Waals surface area contributed by atoms with E-state index < -0.39 is 11.8 Å². The molecule has 3 N–H and O–H groups in total. The second kappa shape index (κ2) is 4.22. The molecule has 0 unspecified atom stereocenters. The third kappa shape index (κ3) is 2.44. The molecule has 0 atom stereocenters. The van der Waals surface area contributed by atoms with Crippen LogP contribution in [0.2, 0.25) is 0 Å². The van der Waals surface area contributed by atoms with Crippen LogP contribution in [0, 0.1) is 0 Å². The molecule has 0 aliphatic carbocycles. The number of nitrogens with two attached hydrogens (primary N) is 1. The maximum atomic E-state index is 11.1. The maximum Gasteiger partial charge on any atom is 0.287 e. The highest BCUT2D eigenvalue weighted by Gasteiger charge is 2.10. The van der Waals surface area contributed by atoms with Crippen LogP contribution in [0.4, 0.5) is 0 Å². The van der Waals surface area contributed by atoms with Crippen molar-refractivity contribution < 1.29 is 18.8 Å². The van der Waals surface area contributed by atoms with Gasteiger partial charge in [0.05, 0.1) is 6.54 Å². The Labute approximate surface area is 79.1 Å². The van der Waals surface area contributed by atoms with E-state index in [-0.39, 0.29) is 18.1 Å². The molecule has 0 saturated carbocycles. The van der Waals surface area contributed by atoms with Crippen molar-refractivity contribution >= 4 is 18.1 Å². The number of nitrogens with one attached hydrogen (secondary N) is 1. The summed E-state index contributed by atoms with van der Waals surface area (Å²) in [6.07, 6.45) is 0.477. The van der Waals surface area contributed by atoms with Gasteiger partial charge in [0.25, 0.3) is 5.91 Å². The molecule has 0 spiro atoms. The van der Waals surface area contributed by atoms with E-state index in [1.54, 1.807) is 0 Å². The first-order valence-electron chi connectivity index (χ1n) is 3.75. The third-order valence-electron chi connectivity index (χ3n) is 1.39. The Balaban J connectivity index is 2.60. The quantitative estimate of drug-likeness (QED) is 0.622. The second-order valence-electron chi connectivity index (χ2n) is 2.47. The molecule has 0 bridgehead atoms. The number of hydrogen-bond acceptors (Lipinski definition) is 4. The van der Waals surface area contributed by atoms with Gasteiger partial charge in [-0.25, -0.2) is 0 Å². The number of primary amides is 1. The summed E-state index contributed by atoms with van der Waals surface area (Å²) in [7, 11) is 0. The molecular formula is C8H8N2O4. The molecule has 1 rings (SSSR count). The van der Waals surface area contributed by atoms with E-state index in [1.165, 1.54) is 12.1 Å². The predicted molar refractivity (Wildman–Crippen MR) is 45.6 cm³/mol. The van der Waals surface area contributed by atoms with E-state index in [0.717, 1.165) is 0 Å². The first kappa shape index (κ1) is 9.97. The molecule has 1 aromatic heterocycles. The zero-order chi connectivity index (χ0) is 10.6. The van der Waals surface area contributed by atoms with Crippen LogP contribution >= 0.6 is 0 Å². The molecule has 0 aliphatic rings. The van der Waals surface area contributed by atoms with E-state index >= 15 is 0 Å². The standard InChI is InChI=1S/C8H8N2O4/c9-7(12)3-10-8(13)6-2-1-5(4-11)14-6/h1-2,4H,3H2,(H2,9,12)(H,10,13). The summed E-state index contributed by atoms with van der Waals surface area (Å²) >= 11 is 0. The number of amides is 2. The lowest BCUT2D eigenvalue weighted by Gasteiger charge is -1.97. The van der Waals surface area contributed by atoms with Crippen molar-refractivity contribution in [3.63, 3.8) is 0 Å². The van der Waals surface area contributed by atoms with Gasteiger partial charge < -0.3 is 15.5 Å². The molecule has 1 aromatic rings. The van der Waals surface area contributed by atoms with Crippen molar-refractivity contribution in [3.8, 4) is 0 Å². The molecule has 2 amide bonds. The van der Waals surface area contributed by atoms with E-state index in [2.05, 4.69) is 5.32 Å². The van der Waals surface area contributed by atoms with Crippen LogP contribution in [-0.4, -0.2) is 24.6 Å². The highest BCUT2D eigenvalue weighted by molar-refractivity contribution is 5.94. The van der Waals surface area contributed by atoms with Crippen LogP contribution in [0.25, 0.3) is 0 Å². The summed E-state index contributed by atoms with van der Waals surface area (Å²) in [6.45, 7) is -0.268. The minimum Gasteiger partial charge on any atom is -0.448 e. The molecule has 0 radical (unpaired) electrons. The van der Waals surface area contributed by atoms with Gasteiger partial charge in [0.2, 0.25) is 5.91 Å². The normalized spacial score (nSPS) is 9.43. The molecule has 6 nitrogen and oxygen atoms in total. The first-order valence-corrected chi connectivity index (χ1v) is 3.75. The van der Waals surface area contributed by atoms with Crippen molar-refractivity contribution in [2.75, 3.05) is 6.54 Å². The van der Waals surface area contributed by atoms with Crippen LogP contribution in [-0.2, 0) is 4.79 Å². The summed E-state index contributed by atoms with van der Waals surface area (Å²) in [5, 5.41) is 2.21. The minimum absolute atomic E-state index is 0.0339. The predicted octanol–water partition coefficient (Wildman–Crippen LogP) is -0.693. The topological polar surface area (TPSA) is 102 Å². The highest BCUT2D eigenvalue weighted by Crippen LogP contribution is 2.04. The molecule has 0 fully saturated rings. The average molecular weight is 196 g/mol. The Morgan fingerprint density at radius 2 is 2.21 bits per heavy atom. The van der Waals surface area contributed by atoms with Gasteiger partial charge in [0.1, 0.15) is 0 Å². The highest BCUT2D eigenvalue weighted by atomic mass is 16.4. The van der Waals surface area contributed by atoms with Crippen molar-refractivity contribution in [1.29, 1.82) is 0 Å². The van der Waals surface area contributed by atoms with Gasteiger partial charge in [-0.1, -0.05) is 0 Å². The number of hydrogen-bond donors (Lipinski definition) is 2. The van der Waals surface area contributed by atoms with E-state index in [4.69, 9.17) is 10.2 Å². The summed E-state index contributed by atoms with van der Waals surface area (Å²) in [5.74, 6) is -1.22. The smallest absolute Gasteiger partial charge is 0.287 e. The lowest BCUT2D eigenvalue weighted by atomic mass is 10.4. The Hall–Kier alpha value is -2.11. The Morgan fingerprint density at radius 1 is 1.50 bits per heavy atom. The number of rotatable bonds is 4. The molecule has 14 heavy (non-hydrogen) atoms. The zero-order valence-electron chi connectivity index (χ0n) is 7.15. The average Bonchev–Trinajstić information content (AvgIpc) is 2.62. The van der Waals surface area contributed by atoms with Crippen LogP contribution in [0.1, 0.15) is 21.1 Å². The molecular weight excluding hydrogens is 188 g/mol. The van der Waals surface area contributed by atoms with Gasteiger partial charge >= 0.3 is 0 Å². The number of furan rings is 1. The van der Waals surface area contributed by atoms with Crippen LogP contribution in [0.3, 0.4) is 0 Å². The maximum absolute atomic E-state index is 11.1. The molecule has 0 aliphatic heterocycles. The summed E-state index contributed by atoms with van der Waals surface area (Å²) in [6, 6.07) is 2.69. The van der Waals surface area contributed by atoms with Gasteiger partial charge in [0.15, 0.2) is 17.8 Å². The molecule has 1 heterocycles. The Morgan fingerprint density at radius 3 is 2.71 bits per heavy atom. The fourth-order valence-corrected chi connectivity index (χ4v) is 0.793. The lowest BCUT2D eigenvalue weighted by molar-refractivity contribution is -0.117. The van der Waals surface area contributed by atoms with Gasteiger partial charge in [-0.15, -0.1) is 0 Å². The Bertz CT molecular complexity index is 369. The van der Waals surface area contributed by atoms with Crippen molar-refractivity contribution in [3.05, 3.63) is 23.7 Å². The number of carbonyl (C=O) groups is 3. The van der Waals surface area contributed by atoms with Crippen LogP contribution in [0.5, 0.6) is 0 Å². The van der Waals surface area contributed by atoms with Gasteiger partial charge in [-0.2, -0.15) is 0 Å².